The summed E-state index contributed by atoms with van der Waals surface area (Å²) >= 11 is 0. The van der Waals surface area contributed by atoms with Crippen LogP contribution >= 0.6 is 7.82 Å². The minimum absolute atomic E-state index is 0. The molecule has 0 aromatic carbocycles. The third kappa shape index (κ3) is 22.2. The maximum absolute atomic E-state index is 11.0. The second kappa shape index (κ2) is 24.1. The van der Waals surface area contributed by atoms with E-state index in [-0.39, 0.29) is 65.7 Å². The van der Waals surface area contributed by atoms with E-state index in [1.54, 1.807) is 0 Å². The molecule has 0 heterocycles. The summed E-state index contributed by atoms with van der Waals surface area (Å²) in [5.74, 6) is 0. The molecule has 9 heteroatoms. The smallest absolute Gasteiger partial charge is 0.714 e. The van der Waals surface area contributed by atoms with Crippen LogP contribution in [-0.4, -0.2) is 6.61 Å². The summed E-state index contributed by atoms with van der Waals surface area (Å²) in [6.45, 7) is 2.28. The minimum Gasteiger partial charge on any atom is -0.714 e. The van der Waals surface area contributed by atoms with Crippen LogP contribution in [0.5, 0.6) is 0 Å². The summed E-state index contributed by atoms with van der Waals surface area (Å²) in [6, 6.07) is 0. The largest absolute Gasteiger partial charge is 1.00 e. The van der Waals surface area contributed by atoms with Gasteiger partial charge in [0.2, 0.25) is 0 Å². The molecule has 0 aliphatic rings. The maximum Gasteiger partial charge on any atom is 1.00 e. The van der Waals surface area contributed by atoms with Gasteiger partial charge in [0.1, 0.15) is 0 Å². The van der Waals surface area contributed by atoms with Gasteiger partial charge in [-0.3, -0.25) is 4.52 Å². The second-order valence-corrected chi connectivity index (χ2v) is 7.48. The first-order chi connectivity index (χ1) is 11.2. The monoisotopic (exact) mass is 398 g/mol. The van der Waals surface area contributed by atoms with Gasteiger partial charge in [-0.25, -0.2) is 4.57 Å². The van der Waals surface area contributed by atoms with Crippen molar-refractivity contribution in [3.63, 3.8) is 0 Å². The molecule has 0 amide bonds. The van der Waals surface area contributed by atoms with Gasteiger partial charge in [0.05, 0.1) is 6.61 Å². The van der Waals surface area contributed by atoms with Gasteiger partial charge in [0, 0.05) is 0 Å². The molecular weight excluding hydrogens is 365 g/mol. The summed E-state index contributed by atoms with van der Waals surface area (Å²) in [5, 5.41) is 19.9. The van der Waals surface area contributed by atoms with Crippen molar-refractivity contribution in [2.24, 2.45) is 0 Å². The number of hydrogen-bond acceptors (Lipinski definition) is 6. The standard InChI is InChI=1S/C16H35O6P.2Na/c1-2-3-4-5-6-7-8-9-10-11-12-13-14-15-16-20-23(19,21-17)22-18;;/h17-18H,2-16H2,1H3;;/q;2*+1/p-2. The molecule has 140 valence electrons. The molecule has 0 spiro atoms. The van der Waals surface area contributed by atoms with E-state index in [9.17, 15) is 15.1 Å². The third-order valence-corrected chi connectivity index (χ3v) is 4.79. The average Bonchev–Trinajstić information content (AvgIpc) is 2.58. The number of rotatable bonds is 18. The molecule has 25 heavy (non-hydrogen) atoms. The molecule has 6 nitrogen and oxygen atoms in total. The molecule has 0 saturated heterocycles. The van der Waals surface area contributed by atoms with Crippen LogP contribution in [-0.2, 0) is 18.4 Å². The van der Waals surface area contributed by atoms with E-state index >= 15 is 0 Å². The zero-order chi connectivity index (χ0) is 17.2. The summed E-state index contributed by atoms with van der Waals surface area (Å²) in [5.41, 5.74) is 0. The minimum atomic E-state index is -4.38. The van der Waals surface area contributed by atoms with E-state index in [2.05, 4.69) is 20.8 Å². The number of phosphoric acid groups is 1. The Morgan fingerprint density at radius 2 is 0.960 bits per heavy atom. The van der Waals surface area contributed by atoms with Crippen LogP contribution in [0.4, 0.5) is 0 Å². The van der Waals surface area contributed by atoms with E-state index < -0.39 is 7.82 Å². The van der Waals surface area contributed by atoms with Crippen molar-refractivity contribution >= 4 is 7.82 Å². The first-order valence-corrected chi connectivity index (χ1v) is 10.5. The van der Waals surface area contributed by atoms with Gasteiger partial charge in [-0.2, -0.15) is 0 Å². The Kier molecular flexibility index (Phi) is 30.5. The molecule has 0 unspecified atom stereocenters. The van der Waals surface area contributed by atoms with E-state index in [0.717, 1.165) is 12.8 Å². The Morgan fingerprint density at radius 1 is 0.640 bits per heavy atom. The molecule has 0 atom stereocenters. The van der Waals surface area contributed by atoms with E-state index in [1.807, 2.05) is 0 Å². The summed E-state index contributed by atoms with van der Waals surface area (Å²) < 4.78 is 21.8. The van der Waals surface area contributed by atoms with Crippen molar-refractivity contribution in [2.75, 3.05) is 6.61 Å². The van der Waals surface area contributed by atoms with Gasteiger partial charge < -0.3 is 19.9 Å². The first kappa shape index (κ1) is 31.7. The van der Waals surface area contributed by atoms with Gasteiger partial charge in [-0.15, -0.1) is 0 Å². The molecule has 0 N–H and O–H groups in total. The molecule has 0 aromatic rings. The van der Waals surface area contributed by atoms with Crippen LogP contribution in [0, 0.1) is 0 Å². The zero-order valence-corrected chi connectivity index (χ0v) is 21.4. The quantitative estimate of drug-likeness (QED) is 0.0888. The van der Waals surface area contributed by atoms with Gasteiger partial charge in [-0.05, 0) is 6.42 Å². The zero-order valence-electron chi connectivity index (χ0n) is 16.5. The molecule has 0 bridgehead atoms. The van der Waals surface area contributed by atoms with Crippen molar-refractivity contribution in [3.05, 3.63) is 0 Å². The molecule has 0 aliphatic heterocycles. The third-order valence-electron chi connectivity index (χ3n) is 3.93. The van der Waals surface area contributed by atoms with Crippen molar-refractivity contribution < 1.29 is 88.1 Å². The summed E-state index contributed by atoms with van der Waals surface area (Å²) in [7, 11) is -4.38. The molecule has 0 fully saturated rings. The van der Waals surface area contributed by atoms with Crippen molar-refractivity contribution in [3.8, 4) is 0 Å². The SMILES string of the molecule is CCCCCCCCCCCCCCCCOP(=O)(O[O-])O[O-].[Na+].[Na+]. The predicted molar refractivity (Wildman–Crippen MR) is 86.0 cm³/mol. The van der Waals surface area contributed by atoms with Crippen LogP contribution in [0.1, 0.15) is 96.8 Å². The molecule has 0 aliphatic carbocycles. The van der Waals surface area contributed by atoms with Crippen LogP contribution in [0.25, 0.3) is 0 Å². The van der Waals surface area contributed by atoms with Gasteiger partial charge >= 0.3 is 66.9 Å². The van der Waals surface area contributed by atoms with Crippen LogP contribution < -0.4 is 69.6 Å². The topological polar surface area (TPSA) is 90.9 Å². The fourth-order valence-electron chi connectivity index (χ4n) is 2.53. The van der Waals surface area contributed by atoms with Crippen molar-refractivity contribution in [2.45, 2.75) is 96.8 Å². The van der Waals surface area contributed by atoms with E-state index in [0.29, 0.717) is 6.42 Å². The van der Waals surface area contributed by atoms with E-state index in [4.69, 9.17) is 0 Å². The summed E-state index contributed by atoms with van der Waals surface area (Å²) in [6.07, 6.45) is 17.2. The normalized spacial score (nSPS) is 11.0. The first-order valence-electron chi connectivity index (χ1n) is 9.06. The fraction of sp³-hybridized carbons (Fsp3) is 1.00. The molecule has 0 rings (SSSR count). The van der Waals surface area contributed by atoms with Crippen molar-refractivity contribution in [1.29, 1.82) is 0 Å². The Balaban J connectivity index is -0.00000242. The van der Waals surface area contributed by atoms with Crippen LogP contribution in [0.3, 0.4) is 0 Å². The van der Waals surface area contributed by atoms with Gasteiger partial charge in [0.15, 0.2) is 0 Å². The maximum atomic E-state index is 11.0. The molecule has 0 aromatic heterocycles. The van der Waals surface area contributed by atoms with E-state index in [1.165, 1.54) is 70.6 Å². The Morgan fingerprint density at radius 3 is 1.28 bits per heavy atom. The molecule has 0 saturated carbocycles. The van der Waals surface area contributed by atoms with Gasteiger partial charge in [-0.1, -0.05) is 90.4 Å². The summed E-state index contributed by atoms with van der Waals surface area (Å²) in [4.78, 5) is 0. The number of unbranched alkanes of at least 4 members (excludes halogenated alkanes) is 13. The number of hydrogen-bond donors (Lipinski definition) is 0. The predicted octanol–water partition coefficient (Wildman–Crippen LogP) is -1.82. The Hall–Kier alpha value is 2.03. The average molecular weight is 398 g/mol. The molecule has 0 radical (unpaired) electrons. The Labute approximate surface area is 197 Å². The van der Waals surface area contributed by atoms with Gasteiger partial charge in [0.25, 0.3) is 0 Å². The van der Waals surface area contributed by atoms with Crippen LogP contribution in [0.15, 0.2) is 0 Å². The van der Waals surface area contributed by atoms with Crippen LogP contribution in [0.2, 0.25) is 0 Å². The Bertz CT molecular complexity index is 290. The fourth-order valence-corrected chi connectivity index (χ4v) is 2.99. The van der Waals surface area contributed by atoms with Crippen molar-refractivity contribution in [1.82, 2.24) is 0 Å². The molecular formula is C16H33Na2O6P. The second-order valence-electron chi connectivity index (χ2n) is 6.03.